The van der Waals surface area contributed by atoms with Gasteiger partial charge in [-0.1, -0.05) is 0 Å². The van der Waals surface area contributed by atoms with Crippen molar-refractivity contribution in [2.24, 2.45) is 11.7 Å². The van der Waals surface area contributed by atoms with Crippen LogP contribution in [0.1, 0.15) is 12.8 Å². The minimum absolute atomic E-state index is 0.356. The molecule has 1 fully saturated rings. The fourth-order valence-corrected chi connectivity index (χ4v) is 3.58. The second kappa shape index (κ2) is 4.14. The van der Waals surface area contributed by atoms with Crippen LogP contribution in [0, 0.1) is 5.92 Å². The van der Waals surface area contributed by atoms with E-state index in [0.29, 0.717) is 12.5 Å². The predicted octanol–water partition coefficient (Wildman–Crippen LogP) is 1.48. The van der Waals surface area contributed by atoms with Gasteiger partial charge in [0.15, 0.2) is 0 Å². The van der Waals surface area contributed by atoms with Gasteiger partial charge >= 0.3 is 6.09 Å². The quantitative estimate of drug-likeness (QED) is 0.694. The van der Waals surface area contributed by atoms with Gasteiger partial charge in [-0.2, -0.15) is 0 Å². The van der Waals surface area contributed by atoms with E-state index in [4.69, 9.17) is 10.5 Å². The molecule has 13 heavy (non-hydrogen) atoms. The lowest BCUT2D eigenvalue weighted by Crippen LogP contribution is -2.22. The summed E-state index contributed by atoms with van der Waals surface area (Å²) in [6, 6.07) is 0. The highest BCUT2D eigenvalue weighted by atomic mass is 31.2. The average molecular weight is 205 g/mol. The summed E-state index contributed by atoms with van der Waals surface area (Å²) in [5.41, 5.74) is 4.85. The Bertz CT molecular complexity index is 227. The maximum atomic E-state index is 11.6. The van der Waals surface area contributed by atoms with Crippen molar-refractivity contribution in [3.63, 3.8) is 0 Å². The first-order chi connectivity index (χ1) is 5.99. The molecule has 0 bridgehead atoms. The van der Waals surface area contributed by atoms with Crippen molar-refractivity contribution < 1.29 is 14.1 Å². The number of primary amides is 1. The molecule has 1 saturated heterocycles. The topological polar surface area (TPSA) is 69.4 Å². The molecule has 0 saturated carbocycles. The van der Waals surface area contributed by atoms with Gasteiger partial charge in [-0.25, -0.2) is 4.79 Å². The van der Waals surface area contributed by atoms with Crippen LogP contribution >= 0.6 is 7.14 Å². The fraction of sp³-hybridized carbons (Fsp3) is 0.875. The lowest BCUT2D eigenvalue weighted by atomic mass is 10.0. The van der Waals surface area contributed by atoms with Crippen LogP contribution in [0.3, 0.4) is 0 Å². The van der Waals surface area contributed by atoms with Crippen LogP contribution in [0.15, 0.2) is 0 Å². The minimum Gasteiger partial charge on any atom is -0.449 e. The molecular weight excluding hydrogens is 189 g/mol. The average Bonchev–Trinajstić information content (AvgIpc) is 2.02. The Morgan fingerprint density at radius 1 is 1.54 bits per heavy atom. The van der Waals surface area contributed by atoms with E-state index >= 15 is 0 Å². The summed E-state index contributed by atoms with van der Waals surface area (Å²) in [7, 11) is -1.84. The number of carbonyl (C=O) groups excluding carboxylic acids is 1. The molecule has 4 nitrogen and oxygen atoms in total. The minimum atomic E-state index is -1.84. The van der Waals surface area contributed by atoms with Crippen molar-refractivity contribution >= 4 is 13.2 Å². The van der Waals surface area contributed by atoms with Crippen molar-refractivity contribution in [3.05, 3.63) is 0 Å². The van der Waals surface area contributed by atoms with E-state index in [9.17, 15) is 9.36 Å². The lowest BCUT2D eigenvalue weighted by Gasteiger charge is -2.25. The summed E-state index contributed by atoms with van der Waals surface area (Å²) in [4.78, 5) is 10.3. The molecule has 0 aliphatic carbocycles. The van der Waals surface area contributed by atoms with Crippen LogP contribution in [0.5, 0.6) is 0 Å². The summed E-state index contributed by atoms with van der Waals surface area (Å²) in [6.07, 6.45) is 2.62. The molecule has 76 valence electrons. The van der Waals surface area contributed by atoms with E-state index in [0.717, 1.165) is 25.2 Å². The molecule has 0 aromatic heterocycles. The van der Waals surface area contributed by atoms with Gasteiger partial charge in [0.05, 0.1) is 13.7 Å². The molecule has 1 rings (SSSR count). The number of nitrogens with two attached hydrogens (primary N) is 1. The van der Waals surface area contributed by atoms with Crippen LogP contribution in [-0.2, 0) is 9.30 Å². The third-order valence-electron chi connectivity index (χ3n) is 2.48. The van der Waals surface area contributed by atoms with Crippen molar-refractivity contribution in [2.45, 2.75) is 12.8 Å². The Hall–Kier alpha value is -0.500. The molecule has 1 heterocycles. The molecule has 0 unspecified atom stereocenters. The van der Waals surface area contributed by atoms with E-state index in [2.05, 4.69) is 0 Å². The van der Waals surface area contributed by atoms with Gasteiger partial charge in [-0.15, -0.1) is 0 Å². The molecule has 0 atom stereocenters. The number of hydrogen-bond acceptors (Lipinski definition) is 3. The molecule has 0 aromatic carbocycles. The van der Waals surface area contributed by atoms with E-state index in [1.54, 1.807) is 0 Å². The van der Waals surface area contributed by atoms with Gasteiger partial charge in [0.1, 0.15) is 0 Å². The Balaban J connectivity index is 2.25. The SMILES string of the molecule is CP1(=O)CCC(COC(N)=O)CC1. The van der Waals surface area contributed by atoms with E-state index in [-0.39, 0.29) is 0 Å². The predicted molar refractivity (Wildman–Crippen MR) is 51.5 cm³/mol. The smallest absolute Gasteiger partial charge is 0.404 e. The Kier molecular flexibility index (Phi) is 3.37. The molecule has 0 spiro atoms. The number of carbonyl (C=O) groups is 1. The number of hydrogen-bond donors (Lipinski definition) is 1. The van der Waals surface area contributed by atoms with Crippen LogP contribution in [0.25, 0.3) is 0 Å². The summed E-state index contributed by atoms with van der Waals surface area (Å²) < 4.78 is 16.3. The van der Waals surface area contributed by atoms with E-state index in [1.807, 2.05) is 6.66 Å². The first kappa shape index (κ1) is 10.6. The highest BCUT2D eigenvalue weighted by Crippen LogP contribution is 2.47. The van der Waals surface area contributed by atoms with Gasteiger partial charge in [-0.3, -0.25) is 0 Å². The van der Waals surface area contributed by atoms with Crippen LogP contribution in [0.2, 0.25) is 0 Å². The lowest BCUT2D eigenvalue weighted by molar-refractivity contribution is 0.133. The summed E-state index contributed by atoms with van der Waals surface area (Å²) in [6.45, 7) is 2.23. The Labute approximate surface area is 78.2 Å². The second-order valence-electron chi connectivity index (χ2n) is 3.82. The van der Waals surface area contributed by atoms with Crippen molar-refractivity contribution in [2.75, 3.05) is 25.6 Å². The highest BCUT2D eigenvalue weighted by molar-refractivity contribution is 7.63. The second-order valence-corrected chi connectivity index (χ2v) is 7.31. The third kappa shape index (κ3) is 3.81. The van der Waals surface area contributed by atoms with Gasteiger partial charge in [-0.05, 0) is 25.4 Å². The molecule has 5 heteroatoms. The molecule has 0 aromatic rings. The number of amides is 1. The summed E-state index contributed by atoms with van der Waals surface area (Å²) in [5.74, 6) is 0.356. The molecular formula is C8H16NO3P. The van der Waals surface area contributed by atoms with Gasteiger partial charge in [0.2, 0.25) is 0 Å². The Morgan fingerprint density at radius 3 is 2.54 bits per heavy atom. The highest BCUT2D eigenvalue weighted by Gasteiger charge is 2.25. The number of ether oxygens (including phenoxy) is 1. The molecule has 0 radical (unpaired) electrons. The molecule has 2 N–H and O–H groups in total. The standard InChI is InChI=1S/C8H16NO3P/c1-13(11)4-2-7(3-5-13)6-12-8(9)10/h7H,2-6H2,1H3,(H2,9,10). The number of rotatable bonds is 2. The van der Waals surface area contributed by atoms with E-state index < -0.39 is 13.2 Å². The zero-order valence-corrected chi connectivity index (χ0v) is 8.76. The van der Waals surface area contributed by atoms with Gasteiger partial charge in [0.25, 0.3) is 0 Å². The Morgan fingerprint density at radius 2 is 2.08 bits per heavy atom. The molecule has 1 aliphatic rings. The summed E-state index contributed by atoms with van der Waals surface area (Å²) >= 11 is 0. The largest absolute Gasteiger partial charge is 0.449 e. The first-order valence-electron chi connectivity index (χ1n) is 4.47. The summed E-state index contributed by atoms with van der Waals surface area (Å²) in [5, 5.41) is 0. The zero-order valence-electron chi connectivity index (χ0n) is 7.86. The normalized spacial score (nSPS) is 34.1. The fourth-order valence-electron chi connectivity index (χ4n) is 1.53. The van der Waals surface area contributed by atoms with Crippen LogP contribution in [0.4, 0.5) is 4.79 Å². The molecule has 1 aliphatic heterocycles. The van der Waals surface area contributed by atoms with Crippen LogP contribution in [-0.4, -0.2) is 31.7 Å². The third-order valence-corrected chi connectivity index (χ3v) is 4.89. The molecule has 1 amide bonds. The van der Waals surface area contributed by atoms with Crippen molar-refractivity contribution in [1.82, 2.24) is 0 Å². The van der Waals surface area contributed by atoms with Gasteiger partial charge < -0.3 is 15.0 Å². The monoisotopic (exact) mass is 205 g/mol. The van der Waals surface area contributed by atoms with E-state index in [1.165, 1.54) is 0 Å². The van der Waals surface area contributed by atoms with Crippen molar-refractivity contribution in [1.29, 1.82) is 0 Å². The first-order valence-corrected chi connectivity index (χ1v) is 7.00. The zero-order chi connectivity index (χ0) is 9.90. The maximum absolute atomic E-state index is 11.6. The van der Waals surface area contributed by atoms with Crippen molar-refractivity contribution in [3.8, 4) is 0 Å². The van der Waals surface area contributed by atoms with Crippen LogP contribution < -0.4 is 5.73 Å². The maximum Gasteiger partial charge on any atom is 0.404 e. The van der Waals surface area contributed by atoms with Gasteiger partial charge in [0, 0.05) is 12.3 Å².